The van der Waals surface area contributed by atoms with Crippen molar-refractivity contribution in [2.45, 2.75) is 38.1 Å². The van der Waals surface area contributed by atoms with Gasteiger partial charge in [0, 0.05) is 44.4 Å². The van der Waals surface area contributed by atoms with Gasteiger partial charge in [0.1, 0.15) is 5.54 Å². The molecule has 0 bridgehead atoms. The number of nitrogens with zero attached hydrogens (tertiary/aromatic N) is 3. The van der Waals surface area contributed by atoms with E-state index in [0.717, 1.165) is 45.7 Å². The van der Waals surface area contributed by atoms with Crippen LogP contribution in [0.4, 0.5) is 10.5 Å². The van der Waals surface area contributed by atoms with Gasteiger partial charge in [-0.25, -0.2) is 9.69 Å². The van der Waals surface area contributed by atoms with E-state index in [4.69, 9.17) is 16.3 Å². The van der Waals surface area contributed by atoms with Crippen LogP contribution in [0.25, 0.3) is 0 Å². The number of amides is 3. The van der Waals surface area contributed by atoms with E-state index in [1.165, 1.54) is 4.90 Å². The van der Waals surface area contributed by atoms with Gasteiger partial charge in [0.25, 0.3) is 5.91 Å². The van der Waals surface area contributed by atoms with Crippen molar-refractivity contribution in [2.24, 2.45) is 5.92 Å². The van der Waals surface area contributed by atoms with E-state index in [1.54, 1.807) is 29.2 Å². The summed E-state index contributed by atoms with van der Waals surface area (Å²) < 4.78 is 5.46. The molecule has 0 atom stereocenters. The second-order valence-corrected chi connectivity index (χ2v) is 8.47. The number of halogens is 1. The highest BCUT2D eigenvalue weighted by atomic mass is 35.5. The number of ether oxygens (including phenoxy) is 1. The molecule has 1 aromatic carbocycles. The molecule has 4 rings (SSSR count). The van der Waals surface area contributed by atoms with Crippen molar-refractivity contribution in [1.82, 2.24) is 9.80 Å². The number of anilines is 1. The van der Waals surface area contributed by atoms with Gasteiger partial charge in [-0.1, -0.05) is 17.7 Å². The first-order chi connectivity index (χ1) is 13.5. The van der Waals surface area contributed by atoms with Crippen LogP contribution in [0.1, 0.15) is 32.6 Å². The van der Waals surface area contributed by atoms with E-state index in [1.807, 2.05) is 6.92 Å². The van der Waals surface area contributed by atoms with Crippen molar-refractivity contribution in [2.75, 3.05) is 44.3 Å². The molecule has 0 N–H and O–H groups in total. The Bertz CT molecular complexity index is 742. The van der Waals surface area contributed by atoms with Crippen molar-refractivity contribution in [3.8, 4) is 0 Å². The van der Waals surface area contributed by atoms with Crippen molar-refractivity contribution in [3.05, 3.63) is 29.3 Å². The fourth-order valence-electron chi connectivity index (χ4n) is 4.88. The van der Waals surface area contributed by atoms with Crippen LogP contribution < -0.4 is 4.90 Å². The molecule has 3 heterocycles. The molecule has 3 aliphatic rings. The van der Waals surface area contributed by atoms with Crippen molar-refractivity contribution < 1.29 is 14.3 Å². The fraction of sp³-hybridized carbons (Fsp3) is 0.619. The maximum Gasteiger partial charge on any atom is 0.332 e. The summed E-state index contributed by atoms with van der Waals surface area (Å²) in [6.45, 7) is 6.93. The lowest BCUT2D eigenvalue weighted by Crippen LogP contribution is -2.57. The number of hydrogen-bond donors (Lipinski definition) is 0. The van der Waals surface area contributed by atoms with E-state index in [-0.39, 0.29) is 11.9 Å². The second-order valence-electron chi connectivity index (χ2n) is 8.04. The van der Waals surface area contributed by atoms with Crippen LogP contribution in [0.5, 0.6) is 0 Å². The Morgan fingerprint density at radius 2 is 1.89 bits per heavy atom. The number of likely N-dealkylation sites (tertiary alicyclic amines) is 1. The van der Waals surface area contributed by atoms with Crippen LogP contribution in [-0.4, -0.2) is 66.7 Å². The summed E-state index contributed by atoms with van der Waals surface area (Å²) in [5.41, 5.74) is -0.164. The predicted octanol–water partition coefficient (Wildman–Crippen LogP) is 3.39. The number of rotatable bonds is 4. The normalized spacial score (nSPS) is 23.8. The molecule has 1 spiro atoms. The summed E-state index contributed by atoms with van der Waals surface area (Å²) in [4.78, 5) is 32.1. The highest BCUT2D eigenvalue weighted by molar-refractivity contribution is 6.31. The number of urea groups is 1. The molecule has 3 aliphatic heterocycles. The Balaban J connectivity index is 1.50. The second kappa shape index (κ2) is 8.01. The average molecular weight is 406 g/mol. The number of hydrogen-bond acceptors (Lipinski definition) is 4. The Labute approximate surface area is 171 Å². The number of benzene rings is 1. The van der Waals surface area contributed by atoms with Crippen molar-refractivity contribution in [3.63, 3.8) is 0 Å². The summed E-state index contributed by atoms with van der Waals surface area (Å²) in [6, 6.07) is 6.75. The maximum absolute atomic E-state index is 13.5. The van der Waals surface area contributed by atoms with Gasteiger partial charge >= 0.3 is 6.03 Å². The average Bonchev–Trinajstić information content (AvgIpc) is 2.90. The van der Waals surface area contributed by atoms with E-state index in [9.17, 15) is 9.59 Å². The molecule has 0 aromatic heterocycles. The summed E-state index contributed by atoms with van der Waals surface area (Å²) in [5, 5.41) is 0.522. The molecule has 0 saturated carbocycles. The Hall–Kier alpha value is -1.63. The number of piperidine rings is 1. The molecule has 0 radical (unpaired) electrons. The zero-order valence-electron chi connectivity index (χ0n) is 16.4. The van der Waals surface area contributed by atoms with Gasteiger partial charge in [-0.05, 0) is 56.7 Å². The molecule has 28 heavy (non-hydrogen) atoms. The van der Waals surface area contributed by atoms with Gasteiger partial charge in [0.2, 0.25) is 0 Å². The first kappa shape index (κ1) is 19.7. The SMILES string of the molecule is CCN1C(=O)N(c2cccc(Cl)c2)C(=O)C12CCN(CC1CCOCC1)CC2. The topological polar surface area (TPSA) is 53.1 Å². The third-order valence-electron chi connectivity index (χ3n) is 6.46. The lowest BCUT2D eigenvalue weighted by molar-refractivity contribution is -0.127. The molecule has 1 aromatic rings. The lowest BCUT2D eigenvalue weighted by atomic mass is 9.85. The van der Waals surface area contributed by atoms with Crippen LogP contribution >= 0.6 is 11.6 Å². The molecular weight excluding hydrogens is 378 g/mol. The van der Waals surface area contributed by atoms with Crippen LogP contribution in [0.2, 0.25) is 5.02 Å². The Morgan fingerprint density at radius 3 is 2.54 bits per heavy atom. The summed E-state index contributed by atoms with van der Waals surface area (Å²) in [7, 11) is 0. The van der Waals surface area contributed by atoms with Crippen molar-refractivity contribution in [1.29, 1.82) is 0 Å². The molecule has 3 saturated heterocycles. The Kier molecular flexibility index (Phi) is 5.63. The molecule has 0 unspecified atom stereocenters. The first-order valence-corrected chi connectivity index (χ1v) is 10.6. The van der Waals surface area contributed by atoms with Crippen LogP contribution in [0.15, 0.2) is 24.3 Å². The number of carbonyl (C=O) groups is 2. The fourth-order valence-corrected chi connectivity index (χ4v) is 5.06. The van der Waals surface area contributed by atoms with E-state index in [2.05, 4.69) is 4.90 Å². The summed E-state index contributed by atoms with van der Waals surface area (Å²) in [5.74, 6) is 0.571. The van der Waals surface area contributed by atoms with E-state index >= 15 is 0 Å². The third-order valence-corrected chi connectivity index (χ3v) is 6.70. The molecule has 152 valence electrons. The lowest BCUT2D eigenvalue weighted by Gasteiger charge is -2.43. The monoisotopic (exact) mass is 405 g/mol. The van der Waals surface area contributed by atoms with Gasteiger partial charge in [-0.2, -0.15) is 0 Å². The number of likely N-dealkylation sites (N-methyl/N-ethyl adjacent to an activating group) is 1. The maximum atomic E-state index is 13.5. The molecular formula is C21H28ClN3O3. The Morgan fingerprint density at radius 1 is 1.18 bits per heavy atom. The largest absolute Gasteiger partial charge is 0.381 e. The number of imide groups is 1. The van der Waals surface area contributed by atoms with Gasteiger partial charge < -0.3 is 14.5 Å². The molecule has 3 fully saturated rings. The van der Waals surface area contributed by atoms with Crippen LogP contribution in [0, 0.1) is 5.92 Å². The predicted molar refractivity (Wildman–Crippen MR) is 109 cm³/mol. The summed E-state index contributed by atoms with van der Waals surface area (Å²) in [6.07, 6.45) is 3.60. The zero-order chi connectivity index (χ0) is 19.7. The molecule has 6 nitrogen and oxygen atoms in total. The van der Waals surface area contributed by atoms with E-state index in [0.29, 0.717) is 36.0 Å². The van der Waals surface area contributed by atoms with Crippen molar-refractivity contribution >= 4 is 29.2 Å². The quantitative estimate of drug-likeness (QED) is 0.720. The first-order valence-electron chi connectivity index (χ1n) is 10.3. The molecule has 0 aliphatic carbocycles. The standard InChI is InChI=1S/C21H28ClN3O3/c1-2-24-20(27)25(18-5-3-4-17(22)14-18)19(26)21(24)8-10-23(11-9-21)15-16-6-12-28-13-7-16/h3-5,14,16H,2,6-13,15H2,1H3. The number of carbonyl (C=O) groups excluding carboxylic acids is 2. The van der Waals surface area contributed by atoms with Gasteiger partial charge in [-0.15, -0.1) is 0 Å². The van der Waals surface area contributed by atoms with Gasteiger partial charge in [0.05, 0.1) is 5.69 Å². The highest BCUT2D eigenvalue weighted by Crippen LogP contribution is 2.40. The third kappa shape index (κ3) is 3.42. The minimum atomic E-state index is -0.722. The van der Waals surface area contributed by atoms with Crippen LogP contribution in [-0.2, 0) is 9.53 Å². The van der Waals surface area contributed by atoms with Gasteiger partial charge in [0.15, 0.2) is 0 Å². The molecule has 3 amide bonds. The van der Waals surface area contributed by atoms with Crippen LogP contribution in [0.3, 0.4) is 0 Å². The summed E-state index contributed by atoms with van der Waals surface area (Å²) >= 11 is 6.10. The van der Waals surface area contributed by atoms with E-state index < -0.39 is 5.54 Å². The molecule has 7 heteroatoms. The van der Waals surface area contributed by atoms with Gasteiger partial charge in [-0.3, -0.25) is 4.79 Å². The zero-order valence-corrected chi connectivity index (χ0v) is 17.2. The highest BCUT2D eigenvalue weighted by Gasteiger charge is 2.57. The minimum Gasteiger partial charge on any atom is -0.381 e. The smallest absolute Gasteiger partial charge is 0.332 e. The minimum absolute atomic E-state index is 0.104.